The number of carbonyl (C=O) groups excluding carboxylic acids is 1. The molecule has 1 aromatic rings. The highest BCUT2D eigenvalue weighted by atomic mass is 127. The molecular weight excluding hydrogens is 354 g/mol. The van der Waals surface area contributed by atoms with Crippen LogP contribution in [0.4, 0.5) is 8.78 Å². The number of rotatable bonds is 3. The molecule has 0 bridgehead atoms. The zero-order valence-electron chi connectivity index (χ0n) is 8.14. The molecule has 0 unspecified atom stereocenters. The number of carbonyl (C=O) groups is 1. The van der Waals surface area contributed by atoms with Crippen molar-refractivity contribution in [2.75, 3.05) is 6.61 Å². The third kappa shape index (κ3) is 3.00. The summed E-state index contributed by atoms with van der Waals surface area (Å²) in [5, 5.41) is -0.353. The van der Waals surface area contributed by atoms with E-state index in [-0.39, 0.29) is 21.0 Å². The summed E-state index contributed by atoms with van der Waals surface area (Å²) in [6.07, 6.45) is -2.75. The second-order valence-electron chi connectivity index (χ2n) is 2.72. The lowest BCUT2D eigenvalue weighted by Gasteiger charge is -2.08. The van der Waals surface area contributed by atoms with Crippen LogP contribution in [0, 0.1) is 3.70 Å². The maximum absolute atomic E-state index is 12.6. The number of halogens is 4. The Bertz CT molecular complexity index is 415. The fourth-order valence-electron chi connectivity index (χ4n) is 1.01. The standard InChI is InChI=1S/C9H7ClF2INO2/c1-2-16-9(15)7-6(10)4(8(11)12)3-5(13)14-7/h3,8H,2H2,1H3. The Labute approximate surface area is 109 Å². The number of hydrogen-bond acceptors (Lipinski definition) is 3. The zero-order valence-corrected chi connectivity index (χ0v) is 11.1. The molecule has 0 fully saturated rings. The Morgan fingerprint density at radius 3 is 2.81 bits per heavy atom. The minimum absolute atomic E-state index is 0.131. The third-order valence-corrected chi connectivity index (χ3v) is 2.61. The SMILES string of the molecule is CCOC(=O)c1nc(I)cc(C(F)F)c1Cl. The molecule has 0 saturated heterocycles. The Hall–Kier alpha value is -0.500. The second-order valence-corrected chi connectivity index (χ2v) is 4.20. The number of hydrogen-bond donors (Lipinski definition) is 0. The lowest BCUT2D eigenvalue weighted by atomic mass is 10.2. The molecule has 0 amide bonds. The highest BCUT2D eigenvalue weighted by molar-refractivity contribution is 14.1. The van der Waals surface area contributed by atoms with Crippen molar-refractivity contribution in [1.82, 2.24) is 4.98 Å². The number of alkyl halides is 2. The summed E-state index contributed by atoms with van der Waals surface area (Å²) < 4.78 is 30.1. The van der Waals surface area contributed by atoms with E-state index in [0.29, 0.717) is 0 Å². The van der Waals surface area contributed by atoms with Crippen molar-refractivity contribution in [1.29, 1.82) is 0 Å². The van der Waals surface area contributed by atoms with E-state index in [4.69, 9.17) is 11.6 Å². The van der Waals surface area contributed by atoms with Gasteiger partial charge < -0.3 is 4.74 Å². The summed E-state index contributed by atoms with van der Waals surface area (Å²) in [5.74, 6) is -0.798. The van der Waals surface area contributed by atoms with Crippen LogP contribution in [0.25, 0.3) is 0 Å². The van der Waals surface area contributed by atoms with Gasteiger partial charge in [-0.25, -0.2) is 18.6 Å². The van der Waals surface area contributed by atoms with Crippen molar-refractivity contribution in [3.63, 3.8) is 0 Å². The van der Waals surface area contributed by atoms with Crippen molar-refractivity contribution in [2.24, 2.45) is 0 Å². The maximum Gasteiger partial charge on any atom is 0.358 e. The molecule has 0 aliphatic rings. The van der Waals surface area contributed by atoms with Gasteiger partial charge in [0.05, 0.1) is 11.6 Å². The molecule has 0 aliphatic heterocycles. The van der Waals surface area contributed by atoms with Crippen molar-refractivity contribution in [3.05, 3.63) is 26.0 Å². The molecule has 0 saturated carbocycles. The summed E-state index contributed by atoms with van der Waals surface area (Å²) in [6.45, 7) is 1.74. The zero-order chi connectivity index (χ0) is 12.3. The molecule has 3 nitrogen and oxygen atoms in total. The van der Waals surface area contributed by atoms with Crippen LogP contribution in [0.1, 0.15) is 29.4 Å². The van der Waals surface area contributed by atoms with Gasteiger partial charge >= 0.3 is 5.97 Å². The lowest BCUT2D eigenvalue weighted by molar-refractivity contribution is 0.0519. The van der Waals surface area contributed by atoms with Crippen LogP contribution in [0.15, 0.2) is 6.07 Å². The van der Waals surface area contributed by atoms with Crippen LogP contribution in [0.3, 0.4) is 0 Å². The van der Waals surface area contributed by atoms with Crippen LogP contribution in [-0.4, -0.2) is 17.6 Å². The molecule has 88 valence electrons. The number of esters is 1. The van der Waals surface area contributed by atoms with Crippen LogP contribution in [0.5, 0.6) is 0 Å². The predicted molar refractivity (Wildman–Crippen MR) is 62.9 cm³/mol. The van der Waals surface area contributed by atoms with E-state index in [1.54, 1.807) is 29.5 Å². The summed E-state index contributed by atoms with van der Waals surface area (Å²) in [6, 6.07) is 1.14. The van der Waals surface area contributed by atoms with E-state index in [1.807, 2.05) is 0 Å². The van der Waals surface area contributed by atoms with Gasteiger partial charge in [0, 0.05) is 5.56 Å². The second kappa shape index (κ2) is 5.72. The van der Waals surface area contributed by atoms with Gasteiger partial charge in [0.1, 0.15) is 3.70 Å². The predicted octanol–water partition coefficient (Wildman–Crippen LogP) is 3.45. The Morgan fingerprint density at radius 2 is 2.31 bits per heavy atom. The minimum atomic E-state index is -2.75. The lowest BCUT2D eigenvalue weighted by Crippen LogP contribution is -2.10. The Balaban J connectivity index is 3.24. The molecular formula is C9H7ClF2INO2. The Morgan fingerprint density at radius 1 is 1.69 bits per heavy atom. The van der Waals surface area contributed by atoms with E-state index in [9.17, 15) is 13.6 Å². The van der Waals surface area contributed by atoms with Crippen molar-refractivity contribution in [3.8, 4) is 0 Å². The van der Waals surface area contributed by atoms with E-state index < -0.39 is 18.0 Å². The number of aromatic nitrogens is 1. The highest BCUT2D eigenvalue weighted by Gasteiger charge is 2.22. The maximum atomic E-state index is 12.6. The summed E-state index contributed by atoms with van der Waals surface area (Å²) in [5.41, 5.74) is -0.685. The van der Waals surface area contributed by atoms with E-state index >= 15 is 0 Å². The molecule has 16 heavy (non-hydrogen) atoms. The third-order valence-electron chi connectivity index (χ3n) is 1.66. The van der Waals surface area contributed by atoms with Gasteiger partial charge in [-0.05, 0) is 35.6 Å². The quantitative estimate of drug-likeness (QED) is 0.470. The normalized spacial score (nSPS) is 10.6. The molecule has 0 atom stereocenters. The van der Waals surface area contributed by atoms with Crippen molar-refractivity contribution >= 4 is 40.2 Å². The van der Waals surface area contributed by atoms with Crippen LogP contribution in [0.2, 0.25) is 5.02 Å². The van der Waals surface area contributed by atoms with Gasteiger partial charge in [0.2, 0.25) is 0 Å². The first-order valence-electron chi connectivity index (χ1n) is 4.28. The van der Waals surface area contributed by atoms with Gasteiger partial charge in [0.25, 0.3) is 6.43 Å². The first kappa shape index (κ1) is 13.6. The van der Waals surface area contributed by atoms with Crippen LogP contribution >= 0.6 is 34.2 Å². The molecule has 0 N–H and O–H groups in total. The first-order valence-corrected chi connectivity index (χ1v) is 5.74. The van der Waals surface area contributed by atoms with Gasteiger partial charge in [-0.3, -0.25) is 0 Å². The minimum Gasteiger partial charge on any atom is -0.461 e. The molecule has 1 heterocycles. The number of nitrogens with zero attached hydrogens (tertiary/aromatic N) is 1. The molecule has 0 spiro atoms. The van der Waals surface area contributed by atoms with E-state index in [2.05, 4.69) is 9.72 Å². The highest BCUT2D eigenvalue weighted by Crippen LogP contribution is 2.30. The molecule has 0 aliphatic carbocycles. The fraction of sp³-hybridized carbons (Fsp3) is 0.333. The molecule has 1 aromatic heterocycles. The fourth-order valence-corrected chi connectivity index (χ4v) is 1.84. The summed E-state index contributed by atoms with van der Waals surface area (Å²) in [7, 11) is 0. The number of ether oxygens (including phenoxy) is 1. The number of pyridine rings is 1. The largest absolute Gasteiger partial charge is 0.461 e. The van der Waals surface area contributed by atoms with Crippen molar-refractivity contribution < 1.29 is 18.3 Å². The smallest absolute Gasteiger partial charge is 0.358 e. The summed E-state index contributed by atoms with van der Waals surface area (Å²) >= 11 is 7.39. The average molecular weight is 362 g/mol. The molecule has 1 rings (SSSR count). The molecule has 7 heteroatoms. The Kier molecular flexibility index (Phi) is 4.85. The van der Waals surface area contributed by atoms with Crippen molar-refractivity contribution in [2.45, 2.75) is 13.3 Å². The first-order chi connectivity index (χ1) is 7.47. The van der Waals surface area contributed by atoms with Crippen LogP contribution < -0.4 is 0 Å². The molecule has 0 aromatic carbocycles. The van der Waals surface area contributed by atoms with E-state index in [0.717, 1.165) is 6.07 Å². The average Bonchev–Trinajstić information content (AvgIpc) is 2.20. The molecule has 0 radical (unpaired) electrons. The monoisotopic (exact) mass is 361 g/mol. The van der Waals surface area contributed by atoms with Gasteiger partial charge in [-0.15, -0.1) is 0 Å². The van der Waals surface area contributed by atoms with Crippen LogP contribution in [-0.2, 0) is 4.74 Å². The summed E-state index contributed by atoms with van der Waals surface area (Å²) in [4.78, 5) is 15.2. The van der Waals surface area contributed by atoms with E-state index in [1.165, 1.54) is 0 Å². The van der Waals surface area contributed by atoms with Gasteiger partial charge in [-0.2, -0.15) is 0 Å². The van der Waals surface area contributed by atoms with Gasteiger partial charge in [-0.1, -0.05) is 11.6 Å². The van der Waals surface area contributed by atoms with Gasteiger partial charge in [0.15, 0.2) is 5.69 Å². The topological polar surface area (TPSA) is 39.2 Å².